The predicted octanol–water partition coefficient (Wildman–Crippen LogP) is 2.74. The third-order valence-corrected chi connectivity index (χ3v) is 7.65. The highest BCUT2D eigenvalue weighted by Gasteiger charge is 2.53. The van der Waals surface area contributed by atoms with Crippen LogP contribution >= 0.6 is 0 Å². The molecule has 1 aromatic rings. The van der Waals surface area contributed by atoms with Crippen molar-refractivity contribution in [1.29, 1.82) is 0 Å². The molecule has 110 valence electrons. The molecule has 0 aromatic heterocycles. The lowest BCUT2D eigenvalue weighted by molar-refractivity contribution is 0.0173. The van der Waals surface area contributed by atoms with Crippen LogP contribution in [-0.2, 0) is 15.4 Å². The first-order valence-corrected chi connectivity index (χ1v) is 8.99. The molecule has 2 aliphatic heterocycles. The minimum atomic E-state index is -2.99. The minimum absolute atomic E-state index is 0.351. The highest BCUT2D eigenvalue weighted by atomic mass is 32.2. The largest absolute Gasteiger partial charge is 0.385 e. The van der Waals surface area contributed by atoms with Crippen LogP contribution in [-0.4, -0.2) is 24.0 Å². The molecule has 2 fully saturated rings. The van der Waals surface area contributed by atoms with Crippen LogP contribution in [0.1, 0.15) is 56.6 Å². The zero-order valence-corrected chi connectivity index (χ0v) is 12.9. The molecule has 1 N–H and O–H groups in total. The summed E-state index contributed by atoms with van der Waals surface area (Å²) in [6, 6.07) is 8.02. The second-order valence-corrected chi connectivity index (χ2v) is 9.14. The Morgan fingerprint density at radius 3 is 2.05 bits per heavy atom. The average molecular weight is 294 g/mol. The van der Waals surface area contributed by atoms with E-state index in [4.69, 9.17) is 0 Å². The topological polar surface area (TPSA) is 54.4 Å². The quantitative estimate of drug-likeness (QED) is 0.912. The normalized spacial score (nSPS) is 35.4. The predicted molar refractivity (Wildman–Crippen MR) is 79.4 cm³/mol. The van der Waals surface area contributed by atoms with Crippen molar-refractivity contribution in [2.45, 2.75) is 61.5 Å². The summed E-state index contributed by atoms with van der Waals surface area (Å²) in [7, 11) is -2.99. The van der Waals surface area contributed by atoms with E-state index in [-0.39, 0.29) is 10.5 Å². The van der Waals surface area contributed by atoms with Gasteiger partial charge in [-0.25, -0.2) is 8.42 Å². The molecule has 0 aliphatic carbocycles. The Bertz CT molecular complexity index is 581. The van der Waals surface area contributed by atoms with Gasteiger partial charge in [0.2, 0.25) is 0 Å². The maximum atomic E-state index is 12.1. The molecule has 2 atom stereocenters. The molecule has 2 bridgehead atoms. The SMILES string of the molecule is CC(C)c1ccc(C2(O)CC3CCC(C2)S3(=O)=O)cc1. The molecule has 3 nitrogen and oxygen atoms in total. The van der Waals surface area contributed by atoms with Gasteiger partial charge in [0.25, 0.3) is 0 Å². The van der Waals surface area contributed by atoms with E-state index in [9.17, 15) is 13.5 Å². The zero-order chi connectivity index (χ0) is 14.5. The lowest BCUT2D eigenvalue weighted by Crippen LogP contribution is -2.43. The number of hydrogen-bond donors (Lipinski definition) is 1. The van der Waals surface area contributed by atoms with Gasteiger partial charge < -0.3 is 5.11 Å². The highest BCUT2D eigenvalue weighted by molar-refractivity contribution is 7.93. The Balaban J connectivity index is 1.91. The molecular weight excluding hydrogens is 272 g/mol. The van der Waals surface area contributed by atoms with Crippen LogP contribution in [0.4, 0.5) is 0 Å². The first-order chi connectivity index (χ1) is 9.33. The molecule has 3 rings (SSSR count). The van der Waals surface area contributed by atoms with E-state index in [1.54, 1.807) is 0 Å². The molecule has 20 heavy (non-hydrogen) atoms. The molecule has 2 unspecified atom stereocenters. The minimum Gasteiger partial charge on any atom is -0.385 e. The molecule has 4 heteroatoms. The molecule has 2 aliphatic rings. The fourth-order valence-corrected chi connectivity index (χ4v) is 6.15. The van der Waals surface area contributed by atoms with Crippen LogP contribution in [0.15, 0.2) is 24.3 Å². The summed E-state index contributed by atoms with van der Waals surface area (Å²) < 4.78 is 24.3. The molecule has 2 heterocycles. The van der Waals surface area contributed by atoms with E-state index < -0.39 is 15.4 Å². The summed E-state index contributed by atoms with van der Waals surface area (Å²) in [6.45, 7) is 4.27. The van der Waals surface area contributed by atoms with Crippen molar-refractivity contribution >= 4 is 9.84 Å². The number of hydrogen-bond acceptors (Lipinski definition) is 3. The summed E-state index contributed by atoms with van der Waals surface area (Å²) in [6.07, 6.45) is 2.12. The molecule has 0 spiro atoms. The van der Waals surface area contributed by atoms with Gasteiger partial charge in [-0.2, -0.15) is 0 Å². The van der Waals surface area contributed by atoms with E-state index in [0.717, 1.165) is 5.56 Å². The fraction of sp³-hybridized carbons (Fsp3) is 0.625. The van der Waals surface area contributed by atoms with Crippen molar-refractivity contribution in [2.24, 2.45) is 0 Å². The van der Waals surface area contributed by atoms with E-state index in [0.29, 0.717) is 31.6 Å². The van der Waals surface area contributed by atoms with Crippen molar-refractivity contribution in [3.05, 3.63) is 35.4 Å². The van der Waals surface area contributed by atoms with Crippen LogP contribution in [0, 0.1) is 0 Å². The van der Waals surface area contributed by atoms with E-state index in [2.05, 4.69) is 13.8 Å². The number of aliphatic hydroxyl groups is 1. The first-order valence-electron chi connectivity index (χ1n) is 7.38. The maximum Gasteiger partial charge on any atom is 0.156 e. The Hall–Kier alpha value is -0.870. The lowest BCUT2D eigenvalue weighted by atomic mass is 9.85. The second kappa shape index (κ2) is 4.57. The summed E-state index contributed by atoms with van der Waals surface area (Å²) in [5.41, 5.74) is 1.14. The number of benzene rings is 1. The Kier molecular flexibility index (Phi) is 3.22. The summed E-state index contributed by atoms with van der Waals surface area (Å²) in [5.74, 6) is 0.460. The van der Waals surface area contributed by atoms with Gasteiger partial charge in [0.15, 0.2) is 9.84 Å². The molecule has 0 radical (unpaired) electrons. The van der Waals surface area contributed by atoms with Crippen molar-refractivity contribution in [1.82, 2.24) is 0 Å². The van der Waals surface area contributed by atoms with Gasteiger partial charge in [-0.05, 0) is 42.7 Å². The highest BCUT2D eigenvalue weighted by Crippen LogP contribution is 2.47. The number of fused-ring (bicyclic) bond motifs is 2. The van der Waals surface area contributed by atoms with Gasteiger partial charge >= 0.3 is 0 Å². The van der Waals surface area contributed by atoms with Crippen LogP contribution in [0.5, 0.6) is 0 Å². The second-order valence-electron chi connectivity index (χ2n) is 6.63. The third kappa shape index (κ3) is 2.09. The maximum absolute atomic E-state index is 12.1. The van der Waals surface area contributed by atoms with Crippen molar-refractivity contribution in [3.63, 3.8) is 0 Å². The monoisotopic (exact) mass is 294 g/mol. The van der Waals surface area contributed by atoms with E-state index >= 15 is 0 Å². The fourth-order valence-electron chi connectivity index (χ4n) is 3.66. The van der Waals surface area contributed by atoms with Crippen molar-refractivity contribution in [2.75, 3.05) is 0 Å². The van der Waals surface area contributed by atoms with Crippen molar-refractivity contribution in [3.8, 4) is 0 Å². The Labute approximate surface area is 120 Å². The summed E-state index contributed by atoms with van der Waals surface area (Å²) in [4.78, 5) is 0. The van der Waals surface area contributed by atoms with Crippen molar-refractivity contribution < 1.29 is 13.5 Å². The Morgan fingerprint density at radius 2 is 1.60 bits per heavy atom. The molecule has 1 aromatic carbocycles. The van der Waals surface area contributed by atoms with Crippen LogP contribution in [0.3, 0.4) is 0 Å². The first kappa shape index (κ1) is 14.1. The molecule has 0 amide bonds. The van der Waals surface area contributed by atoms with Gasteiger partial charge in [0.05, 0.1) is 16.1 Å². The van der Waals surface area contributed by atoms with E-state index in [1.807, 2.05) is 24.3 Å². The van der Waals surface area contributed by atoms with Gasteiger partial charge in [-0.3, -0.25) is 0 Å². The smallest absolute Gasteiger partial charge is 0.156 e. The van der Waals surface area contributed by atoms with E-state index in [1.165, 1.54) is 5.56 Å². The lowest BCUT2D eigenvalue weighted by Gasteiger charge is -2.36. The van der Waals surface area contributed by atoms with Gasteiger partial charge in [-0.1, -0.05) is 38.1 Å². The molecule has 2 saturated heterocycles. The molecular formula is C16H22O3S. The number of sulfone groups is 1. The van der Waals surface area contributed by atoms with Gasteiger partial charge in [0.1, 0.15) is 0 Å². The van der Waals surface area contributed by atoms with Gasteiger partial charge in [0, 0.05) is 0 Å². The summed E-state index contributed by atoms with van der Waals surface area (Å²) >= 11 is 0. The van der Waals surface area contributed by atoms with Crippen LogP contribution < -0.4 is 0 Å². The Morgan fingerprint density at radius 1 is 1.10 bits per heavy atom. The van der Waals surface area contributed by atoms with Crippen LogP contribution in [0.2, 0.25) is 0 Å². The third-order valence-electron chi connectivity index (χ3n) is 4.99. The standard InChI is InChI=1S/C16H22O3S/c1-11(2)12-3-5-13(6-4-12)16(17)9-14-7-8-15(10-16)20(14,18)19/h3-6,11,14-15,17H,7-10H2,1-2H3. The number of rotatable bonds is 2. The average Bonchev–Trinajstić information content (AvgIpc) is 2.59. The van der Waals surface area contributed by atoms with Crippen LogP contribution in [0.25, 0.3) is 0 Å². The zero-order valence-electron chi connectivity index (χ0n) is 12.0. The summed E-state index contributed by atoms with van der Waals surface area (Å²) in [5, 5.41) is 10.2. The van der Waals surface area contributed by atoms with Gasteiger partial charge in [-0.15, -0.1) is 0 Å². The molecule has 0 saturated carbocycles.